The average molecular weight is 221 g/mol. The zero-order valence-electron chi connectivity index (χ0n) is 9.81. The molecule has 0 aliphatic rings. The van der Waals surface area contributed by atoms with E-state index in [1.54, 1.807) is 0 Å². The quantitative estimate of drug-likeness (QED) is 0.766. The monoisotopic (exact) mass is 221 g/mol. The highest BCUT2D eigenvalue weighted by atomic mass is 16.1. The topological polar surface area (TPSA) is 72.3 Å². The second kappa shape index (κ2) is 5.51. The van der Waals surface area contributed by atoms with Crippen molar-refractivity contribution in [2.24, 2.45) is 11.5 Å². The Morgan fingerprint density at radius 2 is 2.06 bits per heavy atom. The molecule has 0 aliphatic heterocycles. The highest BCUT2D eigenvalue weighted by Gasteiger charge is 2.15. The number of hydrogen-bond acceptors (Lipinski definition) is 3. The molecule has 1 atom stereocenters. The van der Waals surface area contributed by atoms with Crippen LogP contribution in [-0.2, 0) is 4.79 Å². The molecule has 16 heavy (non-hydrogen) atoms. The summed E-state index contributed by atoms with van der Waals surface area (Å²) >= 11 is 0. The number of nitrogens with two attached hydrogens (primary N) is 2. The van der Waals surface area contributed by atoms with Crippen LogP contribution in [0.15, 0.2) is 24.3 Å². The normalized spacial score (nSPS) is 12.2. The fourth-order valence-electron chi connectivity index (χ4n) is 1.64. The van der Waals surface area contributed by atoms with Crippen LogP contribution in [0.5, 0.6) is 0 Å². The summed E-state index contributed by atoms with van der Waals surface area (Å²) in [4.78, 5) is 13.0. The molecule has 4 N–H and O–H groups in total. The SMILES string of the molecule is CCN(CC(N)C(N)=O)c1ccccc1C. The summed E-state index contributed by atoms with van der Waals surface area (Å²) < 4.78 is 0. The first-order valence-corrected chi connectivity index (χ1v) is 5.41. The van der Waals surface area contributed by atoms with Gasteiger partial charge in [0.15, 0.2) is 0 Å². The Morgan fingerprint density at radius 3 is 2.56 bits per heavy atom. The summed E-state index contributed by atoms with van der Waals surface area (Å²) in [6.45, 7) is 5.32. The van der Waals surface area contributed by atoms with Crippen LogP contribution in [0.1, 0.15) is 12.5 Å². The fourth-order valence-corrected chi connectivity index (χ4v) is 1.64. The van der Waals surface area contributed by atoms with E-state index in [0.29, 0.717) is 6.54 Å². The van der Waals surface area contributed by atoms with Crippen molar-refractivity contribution in [3.05, 3.63) is 29.8 Å². The van der Waals surface area contributed by atoms with Crippen molar-refractivity contribution in [2.45, 2.75) is 19.9 Å². The van der Waals surface area contributed by atoms with Gasteiger partial charge in [0, 0.05) is 18.8 Å². The largest absolute Gasteiger partial charge is 0.370 e. The lowest BCUT2D eigenvalue weighted by Crippen LogP contribution is -2.46. The Kier molecular flexibility index (Phi) is 4.31. The van der Waals surface area contributed by atoms with E-state index in [4.69, 9.17) is 11.5 Å². The van der Waals surface area contributed by atoms with E-state index >= 15 is 0 Å². The van der Waals surface area contributed by atoms with Gasteiger partial charge in [0.1, 0.15) is 6.04 Å². The van der Waals surface area contributed by atoms with Crippen molar-refractivity contribution in [1.29, 1.82) is 0 Å². The van der Waals surface area contributed by atoms with Crippen LogP contribution in [0.3, 0.4) is 0 Å². The maximum atomic E-state index is 10.9. The number of hydrogen-bond donors (Lipinski definition) is 2. The third-order valence-electron chi connectivity index (χ3n) is 2.62. The first kappa shape index (κ1) is 12.5. The molecule has 0 saturated heterocycles. The third-order valence-corrected chi connectivity index (χ3v) is 2.62. The van der Waals surface area contributed by atoms with E-state index in [0.717, 1.165) is 12.2 Å². The predicted molar refractivity (Wildman–Crippen MR) is 66.2 cm³/mol. The summed E-state index contributed by atoms with van der Waals surface area (Å²) in [5.41, 5.74) is 13.1. The van der Waals surface area contributed by atoms with Crippen LogP contribution in [-0.4, -0.2) is 25.0 Å². The van der Waals surface area contributed by atoms with E-state index in [1.165, 1.54) is 5.56 Å². The van der Waals surface area contributed by atoms with Crippen LogP contribution in [0.25, 0.3) is 0 Å². The van der Waals surface area contributed by atoms with Gasteiger partial charge in [0.2, 0.25) is 5.91 Å². The minimum absolute atomic E-state index is 0.455. The first-order chi connectivity index (χ1) is 7.56. The molecule has 1 amide bonds. The summed E-state index contributed by atoms with van der Waals surface area (Å²) in [5.74, 6) is -0.466. The molecule has 1 aromatic carbocycles. The van der Waals surface area contributed by atoms with Gasteiger partial charge >= 0.3 is 0 Å². The van der Waals surface area contributed by atoms with Crippen molar-refractivity contribution in [3.8, 4) is 0 Å². The highest BCUT2D eigenvalue weighted by molar-refractivity contribution is 5.80. The van der Waals surface area contributed by atoms with Crippen LogP contribution in [0.4, 0.5) is 5.69 Å². The second-order valence-electron chi connectivity index (χ2n) is 3.83. The number of likely N-dealkylation sites (N-methyl/N-ethyl adjacent to an activating group) is 1. The van der Waals surface area contributed by atoms with E-state index in [2.05, 4.69) is 4.90 Å². The zero-order chi connectivity index (χ0) is 12.1. The number of benzene rings is 1. The van der Waals surface area contributed by atoms with Gasteiger partial charge in [-0.25, -0.2) is 0 Å². The molecule has 1 aromatic rings. The lowest BCUT2D eigenvalue weighted by molar-refractivity contribution is -0.119. The van der Waals surface area contributed by atoms with Crippen molar-refractivity contribution >= 4 is 11.6 Å². The number of nitrogens with zero attached hydrogens (tertiary/aromatic N) is 1. The minimum Gasteiger partial charge on any atom is -0.370 e. The molecule has 88 valence electrons. The lowest BCUT2D eigenvalue weighted by Gasteiger charge is -2.26. The van der Waals surface area contributed by atoms with Gasteiger partial charge in [-0.15, -0.1) is 0 Å². The van der Waals surface area contributed by atoms with Gasteiger partial charge in [-0.05, 0) is 25.5 Å². The van der Waals surface area contributed by atoms with Crippen LogP contribution < -0.4 is 16.4 Å². The Morgan fingerprint density at radius 1 is 1.44 bits per heavy atom. The molecule has 0 saturated carbocycles. The summed E-state index contributed by atoms with van der Waals surface area (Å²) in [5, 5.41) is 0. The number of anilines is 1. The Balaban J connectivity index is 2.83. The molecule has 1 rings (SSSR count). The third kappa shape index (κ3) is 2.97. The van der Waals surface area contributed by atoms with Crippen molar-refractivity contribution in [2.75, 3.05) is 18.0 Å². The maximum absolute atomic E-state index is 10.9. The number of rotatable bonds is 5. The minimum atomic E-state index is -0.625. The zero-order valence-corrected chi connectivity index (χ0v) is 9.81. The van der Waals surface area contributed by atoms with Crippen molar-refractivity contribution in [1.82, 2.24) is 0 Å². The molecule has 0 fully saturated rings. The molecule has 0 radical (unpaired) electrons. The number of primary amides is 1. The number of para-hydroxylation sites is 1. The van der Waals surface area contributed by atoms with Gasteiger partial charge in [-0.3, -0.25) is 4.79 Å². The van der Waals surface area contributed by atoms with Crippen molar-refractivity contribution in [3.63, 3.8) is 0 Å². The highest BCUT2D eigenvalue weighted by Crippen LogP contribution is 2.18. The molecular formula is C12H19N3O. The molecule has 0 spiro atoms. The van der Waals surface area contributed by atoms with Crippen LogP contribution in [0.2, 0.25) is 0 Å². The molecular weight excluding hydrogens is 202 g/mol. The summed E-state index contributed by atoms with van der Waals surface area (Å²) in [7, 11) is 0. The predicted octanol–water partition coefficient (Wildman–Crippen LogP) is 0.634. The van der Waals surface area contributed by atoms with Gasteiger partial charge in [-0.1, -0.05) is 18.2 Å². The Labute approximate surface area is 96.2 Å². The molecule has 0 aliphatic carbocycles. The maximum Gasteiger partial charge on any atom is 0.236 e. The van der Waals surface area contributed by atoms with E-state index in [1.807, 2.05) is 38.1 Å². The number of carbonyl (C=O) groups excluding carboxylic acids is 1. The Bertz CT molecular complexity index is 365. The molecule has 0 heterocycles. The van der Waals surface area contributed by atoms with Gasteiger partial charge in [-0.2, -0.15) is 0 Å². The van der Waals surface area contributed by atoms with E-state index in [-0.39, 0.29) is 0 Å². The molecule has 4 nitrogen and oxygen atoms in total. The summed E-state index contributed by atoms with van der Waals surface area (Å²) in [6.07, 6.45) is 0. The molecule has 0 bridgehead atoms. The lowest BCUT2D eigenvalue weighted by atomic mass is 10.1. The van der Waals surface area contributed by atoms with Crippen molar-refractivity contribution < 1.29 is 4.79 Å². The van der Waals surface area contributed by atoms with Crippen LogP contribution >= 0.6 is 0 Å². The van der Waals surface area contributed by atoms with Crippen LogP contribution in [0, 0.1) is 6.92 Å². The fraction of sp³-hybridized carbons (Fsp3) is 0.417. The second-order valence-corrected chi connectivity index (χ2v) is 3.83. The molecule has 4 heteroatoms. The van der Waals surface area contributed by atoms with E-state index in [9.17, 15) is 4.79 Å². The Hall–Kier alpha value is -1.55. The molecule has 1 unspecified atom stereocenters. The first-order valence-electron chi connectivity index (χ1n) is 5.41. The smallest absolute Gasteiger partial charge is 0.236 e. The summed E-state index contributed by atoms with van der Waals surface area (Å²) in [6, 6.07) is 7.39. The number of aryl methyl sites for hydroxylation is 1. The standard InChI is InChI=1S/C12H19N3O/c1-3-15(8-10(13)12(14)16)11-7-5-4-6-9(11)2/h4-7,10H,3,8,13H2,1-2H3,(H2,14,16). The van der Waals surface area contributed by atoms with E-state index < -0.39 is 11.9 Å². The molecule has 0 aromatic heterocycles. The van der Waals surface area contributed by atoms with Gasteiger partial charge in [0.25, 0.3) is 0 Å². The van der Waals surface area contributed by atoms with Gasteiger partial charge in [0.05, 0.1) is 0 Å². The van der Waals surface area contributed by atoms with Gasteiger partial charge < -0.3 is 16.4 Å². The number of amides is 1. The number of carbonyl (C=O) groups is 1. The average Bonchev–Trinajstić information content (AvgIpc) is 2.26.